The zero-order valence-electron chi connectivity index (χ0n) is 10.4. The molecule has 1 saturated heterocycles. The van der Waals surface area contributed by atoms with Crippen molar-refractivity contribution in [2.75, 3.05) is 6.61 Å². The van der Waals surface area contributed by atoms with Crippen LogP contribution in [0, 0.1) is 5.92 Å². The molecule has 0 aliphatic carbocycles. The molecule has 0 aromatic heterocycles. The van der Waals surface area contributed by atoms with Gasteiger partial charge in [0.1, 0.15) is 0 Å². The zero-order chi connectivity index (χ0) is 11.4. The van der Waals surface area contributed by atoms with Gasteiger partial charge >= 0.3 is 0 Å². The summed E-state index contributed by atoms with van der Waals surface area (Å²) in [7, 11) is 0. The Labute approximate surface area is 93.3 Å². The van der Waals surface area contributed by atoms with Crippen LogP contribution in [0.3, 0.4) is 0 Å². The predicted molar refractivity (Wildman–Crippen MR) is 61.8 cm³/mol. The Bertz CT molecular complexity index is 174. The quantitative estimate of drug-likeness (QED) is 0.779. The third-order valence-corrected chi connectivity index (χ3v) is 3.03. The van der Waals surface area contributed by atoms with Crippen LogP contribution in [0.5, 0.6) is 0 Å². The standard InChI is InChI=1S/C12H25NO2/c1-8(2)12(13)7-14-11-5-9(3)15-10(4)6-11/h8-12H,5-7,13H2,1-4H3. The van der Waals surface area contributed by atoms with Gasteiger partial charge in [0.2, 0.25) is 0 Å². The Morgan fingerprint density at radius 2 is 1.80 bits per heavy atom. The van der Waals surface area contributed by atoms with Gasteiger partial charge in [-0.15, -0.1) is 0 Å². The fourth-order valence-corrected chi connectivity index (χ4v) is 1.92. The van der Waals surface area contributed by atoms with E-state index < -0.39 is 0 Å². The van der Waals surface area contributed by atoms with Crippen LogP contribution >= 0.6 is 0 Å². The van der Waals surface area contributed by atoms with Crippen LogP contribution in [0.1, 0.15) is 40.5 Å². The second kappa shape index (κ2) is 5.83. The first-order valence-corrected chi connectivity index (χ1v) is 6.01. The monoisotopic (exact) mass is 215 g/mol. The van der Waals surface area contributed by atoms with Crippen LogP contribution in [-0.2, 0) is 9.47 Å². The van der Waals surface area contributed by atoms with Gasteiger partial charge in [0.05, 0.1) is 24.9 Å². The summed E-state index contributed by atoms with van der Waals surface area (Å²) < 4.78 is 11.5. The molecule has 90 valence electrons. The van der Waals surface area contributed by atoms with Gasteiger partial charge in [-0.1, -0.05) is 13.8 Å². The normalized spacial score (nSPS) is 34.4. The van der Waals surface area contributed by atoms with Crippen molar-refractivity contribution in [3.05, 3.63) is 0 Å². The molecular formula is C12H25NO2. The van der Waals surface area contributed by atoms with Crippen LogP contribution in [0.4, 0.5) is 0 Å². The lowest BCUT2D eigenvalue weighted by atomic mass is 10.0. The Morgan fingerprint density at radius 3 is 2.27 bits per heavy atom. The maximum Gasteiger partial charge on any atom is 0.0625 e. The highest BCUT2D eigenvalue weighted by atomic mass is 16.5. The average Bonchev–Trinajstić information content (AvgIpc) is 2.12. The van der Waals surface area contributed by atoms with Crippen molar-refractivity contribution in [3.8, 4) is 0 Å². The Balaban J connectivity index is 2.26. The average molecular weight is 215 g/mol. The number of rotatable bonds is 4. The van der Waals surface area contributed by atoms with E-state index in [-0.39, 0.29) is 6.04 Å². The molecule has 0 spiro atoms. The van der Waals surface area contributed by atoms with Gasteiger partial charge in [0.25, 0.3) is 0 Å². The van der Waals surface area contributed by atoms with Crippen molar-refractivity contribution >= 4 is 0 Å². The van der Waals surface area contributed by atoms with Crippen LogP contribution < -0.4 is 5.73 Å². The van der Waals surface area contributed by atoms with E-state index in [1.165, 1.54) is 0 Å². The van der Waals surface area contributed by atoms with Gasteiger partial charge in [-0.2, -0.15) is 0 Å². The fourth-order valence-electron chi connectivity index (χ4n) is 1.92. The predicted octanol–water partition coefficient (Wildman–Crippen LogP) is 1.94. The first-order valence-electron chi connectivity index (χ1n) is 6.01. The van der Waals surface area contributed by atoms with Gasteiger partial charge in [0, 0.05) is 6.04 Å². The van der Waals surface area contributed by atoms with Crippen molar-refractivity contribution in [3.63, 3.8) is 0 Å². The maximum atomic E-state index is 5.95. The van der Waals surface area contributed by atoms with E-state index in [2.05, 4.69) is 27.7 Å². The van der Waals surface area contributed by atoms with Gasteiger partial charge in [-0.25, -0.2) is 0 Å². The van der Waals surface area contributed by atoms with Crippen molar-refractivity contribution < 1.29 is 9.47 Å². The first kappa shape index (κ1) is 12.9. The highest BCUT2D eigenvalue weighted by Crippen LogP contribution is 2.21. The van der Waals surface area contributed by atoms with E-state index in [9.17, 15) is 0 Å². The molecule has 1 rings (SSSR count). The minimum atomic E-state index is 0.151. The molecule has 1 aliphatic rings. The van der Waals surface area contributed by atoms with Gasteiger partial charge in [-0.05, 0) is 32.6 Å². The summed E-state index contributed by atoms with van der Waals surface area (Å²) in [5.74, 6) is 0.486. The van der Waals surface area contributed by atoms with E-state index in [1.807, 2.05) is 0 Å². The largest absolute Gasteiger partial charge is 0.376 e. The Kier molecular flexibility index (Phi) is 5.03. The van der Waals surface area contributed by atoms with E-state index in [0.29, 0.717) is 30.8 Å². The van der Waals surface area contributed by atoms with Crippen molar-refractivity contribution in [2.24, 2.45) is 11.7 Å². The summed E-state index contributed by atoms with van der Waals surface area (Å²) in [4.78, 5) is 0. The van der Waals surface area contributed by atoms with Crippen LogP contribution in [0.2, 0.25) is 0 Å². The molecule has 3 heteroatoms. The second-order valence-corrected chi connectivity index (χ2v) is 5.09. The summed E-state index contributed by atoms with van der Waals surface area (Å²) in [6.45, 7) is 9.14. The van der Waals surface area contributed by atoms with Crippen molar-refractivity contribution in [1.29, 1.82) is 0 Å². The molecule has 0 radical (unpaired) electrons. The fraction of sp³-hybridized carbons (Fsp3) is 1.00. The van der Waals surface area contributed by atoms with E-state index in [0.717, 1.165) is 12.8 Å². The van der Waals surface area contributed by atoms with Gasteiger partial charge < -0.3 is 15.2 Å². The number of ether oxygens (including phenoxy) is 2. The van der Waals surface area contributed by atoms with E-state index in [1.54, 1.807) is 0 Å². The minimum Gasteiger partial charge on any atom is -0.376 e. The van der Waals surface area contributed by atoms with Gasteiger partial charge in [-0.3, -0.25) is 0 Å². The number of nitrogens with two attached hydrogens (primary N) is 1. The molecule has 0 bridgehead atoms. The Morgan fingerprint density at radius 1 is 1.27 bits per heavy atom. The van der Waals surface area contributed by atoms with E-state index >= 15 is 0 Å². The SMILES string of the molecule is CC1CC(OCC(N)C(C)C)CC(C)O1. The maximum absolute atomic E-state index is 5.95. The first-order chi connectivity index (χ1) is 6.99. The molecule has 3 unspecified atom stereocenters. The molecular weight excluding hydrogens is 190 g/mol. The molecule has 1 fully saturated rings. The molecule has 2 N–H and O–H groups in total. The highest BCUT2D eigenvalue weighted by molar-refractivity contribution is 4.75. The molecule has 1 aliphatic heterocycles. The molecule has 0 aromatic rings. The number of hydrogen-bond acceptors (Lipinski definition) is 3. The topological polar surface area (TPSA) is 44.5 Å². The summed E-state index contributed by atoms with van der Waals surface area (Å²) in [5, 5.41) is 0. The zero-order valence-corrected chi connectivity index (χ0v) is 10.4. The second-order valence-electron chi connectivity index (χ2n) is 5.09. The third kappa shape index (κ3) is 4.49. The minimum absolute atomic E-state index is 0.151. The molecule has 0 aromatic carbocycles. The smallest absolute Gasteiger partial charge is 0.0625 e. The van der Waals surface area contributed by atoms with Crippen molar-refractivity contribution in [1.82, 2.24) is 0 Å². The van der Waals surface area contributed by atoms with Crippen LogP contribution in [-0.4, -0.2) is 31.0 Å². The molecule has 3 atom stereocenters. The Hall–Kier alpha value is -0.120. The third-order valence-electron chi connectivity index (χ3n) is 3.03. The van der Waals surface area contributed by atoms with Gasteiger partial charge in [0.15, 0.2) is 0 Å². The highest BCUT2D eigenvalue weighted by Gasteiger charge is 2.25. The summed E-state index contributed by atoms with van der Waals surface area (Å²) in [5.41, 5.74) is 5.95. The van der Waals surface area contributed by atoms with Crippen LogP contribution in [0.25, 0.3) is 0 Å². The summed E-state index contributed by atoms with van der Waals surface area (Å²) in [6, 6.07) is 0.151. The molecule has 15 heavy (non-hydrogen) atoms. The molecule has 3 nitrogen and oxygen atoms in total. The van der Waals surface area contributed by atoms with Crippen molar-refractivity contribution in [2.45, 2.75) is 64.9 Å². The summed E-state index contributed by atoms with van der Waals surface area (Å²) >= 11 is 0. The molecule has 0 amide bonds. The number of hydrogen-bond donors (Lipinski definition) is 1. The lowest BCUT2D eigenvalue weighted by Crippen LogP contribution is -2.38. The van der Waals surface area contributed by atoms with E-state index in [4.69, 9.17) is 15.2 Å². The lowest BCUT2D eigenvalue weighted by molar-refractivity contribution is -0.104. The molecule has 1 heterocycles. The lowest BCUT2D eigenvalue weighted by Gasteiger charge is -2.32. The van der Waals surface area contributed by atoms with Crippen LogP contribution in [0.15, 0.2) is 0 Å². The summed E-state index contributed by atoms with van der Waals surface area (Å²) in [6.07, 6.45) is 2.95. The molecule has 0 saturated carbocycles.